The number of hydrogen-bond acceptors (Lipinski definition) is 5. The van der Waals surface area contributed by atoms with E-state index in [1.165, 1.54) is 17.3 Å². The Labute approximate surface area is 161 Å². The first-order valence-corrected chi connectivity index (χ1v) is 9.81. The number of nitrogens with zero attached hydrogens (tertiary/aromatic N) is 2. The summed E-state index contributed by atoms with van der Waals surface area (Å²) in [5, 5.41) is 10.8. The largest absolute Gasteiger partial charge is 0.493 e. The van der Waals surface area contributed by atoms with Gasteiger partial charge >= 0.3 is 0 Å². The number of ether oxygens (including phenoxy) is 1. The molecular weight excluding hydrogens is 360 g/mol. The second-order valence-electron chi connectivity index (χ2n) is 6.42. The first-order chi connectivity index (χ1) is 13.2. The normalized spacial score (nSPS) is 15.7. The van der Waals surface area contributed by atoms with Gasteiger partial charge < -0.3 is 10.1 Å². The predicted molar refractivity (Wildman–Crippen MR) is 105 cm³/mol. The van der Waals surface area contributed by atoms with Crippen LogP contribution in [0.15, 0.2) is 53.7 Å². The number of nitrogens with one attached hydrogen (secondary N) is 2. The van der Waals surface area contributed by atoms with Crippen LogP contribution in [0.3, 0.4) is 0 Å². The zero-order valence-corrected chi connectivity index (χ0v) is 15.8. The molecule has 0 aliphatic carbocycles. The Morgan fingerprint density at radius 1 is 1.26 bits per heavy atom. The van der Waals surface area contributed by atoms with E-state index in [-0.39, 0.29) is 17.7 Å². The van der Waals surface area contributed by atoms with Gasteiger partial charge in [0.15, 0.2) is 5.82 Å². The smallest absolute Gasteiger partial charge is 0.230 e. The molecule has 138 valence electrons. The highest BCUT2D eigenvalue weighted by molar-refractivity contribution is 7.99. The molecule has 7 heteroatoms. The molecule has 0 fully saturated rings. The first-order valence-electron chi connectivity index (χ1n) is 8.82. The molecule has 6 nitrogen and oxygen atoms in total. The molecule has 27 heavy (non-hydrogen) atoms. The van der Waals surface area contributed by atoms with Crippen molar-refractivity contribution in [1.29, 1.82) is 0 Å². The maximum Gasteiger partial charge on any atom is 0.230 e. The van der Waals surface area contributed by atoms with Crippen molar-refractivity contribution in [1.82, 2.24) is 20.5 Å². The van der Waals surface area contributed by atoms with Gasteiger partial charge in [-0.3, -0.25) is 9.89 Å². The van der Waals surface area contributed by atoms with Crippen molar-refractivity contribution in [2.24, 2.45) is 0 Å². The highest BCUT2D eigenvalue weighted by atomic mass is 32.2. The van der Waals surface area contributed by atoms with Crippen LogP contribution in [0.4, 0.5) is 0 Å². The Morgan fingerprint density at radius 2 is 2.07 bits per heavy atom. The molecule has 0 saturated heterocycles. The Morgan fingerprint density at radius 3 is 2.93 bits per heavy atom. The van der Waals surface area contributed by atoms with E-state index in [0.29, 0.717) is 17.6 Å². The van der Waals surface area contributed by atoms with Gasteiger partial charge in [0.2, 0.25) is 11.1 Å². The number of aromatic nitrogens is 3. The number of carbonyl (C=O) groups is 1. The molecule has 3 aromatic rings. The van der Waals surface area contributed by atoms with Gasteiger partial charge in [0, 0.05) is 17.5 Å². The molecule has 1 atom stereocenters. The average molecular weight is 380 g/mol. The van der Waals surface area contributed by atoms with Crippen molar-refractivity contribution >= 4 is 17.7 Å². The van der Waals surface area contributed by atoms with E-state index in [4.69, 9.17) is 4.74 Å². The molecule has 2 aromatic carbocycles. The van der Waals surface area contributed by atoms with Crippen molar-refractivity contribution < 1.29 is 9.53 Å². The van der Waals surface area contributed by atoms with Gasteiger partial charge in [0.25, 0.3) is 0 Å². The van der Waals surface area contributed by atoms with Gasteiger partial charge in [-0.25, -0.2) is 4.98 Å². The minimum absolute atomic E-state index is 0.0155. The lowest BCUT2D eigenvalue weighted by atomic mass is 10.0. The summed E-state index contributed by atoms with van der Waals surface area (Å²) in [5.74, 6) is 1.78. The number of fused-ring (bicyclic) bond motifs is 1. The highest BCUT2D eigenvalue weighted by Gasteiger charge is 2.22. The zero-order chi connectivity index (χ0) is 18.6. The molecular formula is C20H20N4O2S. The minimum Gasteiger partial charge on any atom is -0.493 e. The van der Waals surface area contributed by atoms with Crippen LogP contribution in [0.1, 0.15) is 23.6 Å². The molecule has 4 rings (SSSR count). The summed E-state index contributed by atoms with van der Waals surface area (Å²) in [6.45, 7) is 2.65. The number of benzene rings is 2. The minimum atomic E-state index is -0.0385. The third-order valence-electron chi connectivity index (χ3n) is 4.42. The summed E-state index contributed by atoms with van der Waals surface area (Å²) < 4.78 is 5.64. The topological polar surface area (TPSA) is 79.9 Å². The van der Waals surface area contributed by atoms with Gasteiger partial charge in [-0.15, -0.1) is 5.10 Å². The number of carbonyl (C=O) groups excluding carboxylic acids is 1. The Balaban J connectivity index is 1.34. The standard InChI is InChI=1S/C20H20N4O2S/c1-13-6-8-14(9-7-13)19-22-20(24-23-19)27-12-18(25)21-16-10-11-26-17-5-3-2-4-15(16)17/h2-9,16H,10-12H2,1H3,(H,21,25)(H,22,23,24). The highest BCUT2D eigenvalue weighted by Crippen LogP contribution is 2.31. The molecule has 0 radical (unpaired) electrons. The average Bonchev–Trinajstić information content (AvgIpc) is 3.16. The Hall–Kier alpha value is -2.80. The summed E-state index contributed by atoms with van der Waals surface area (Å²) in [6.07, 6.45) is 0.769. The maximum absolute atomic E-state index is 12.4. The van der Waals surface area contributed by atoms with Gasteiger partial charge in [-0.2, -0.15) is 0 Å². The van der Waals surface area contributed by atoms with Crippen molar-refractivity contribution in [3.63, 3.8) is 0 Å². The van der Waals surface area contributed by atoms with Crippen molar-refractivity contribution in [3.8, 4) is 17.1 Å². The maximum atomic E-state index is 12.4. The lowest BCUT2D eigenvalue weighted by Crippen LogP contribution is -2.33. The van der Waals surface area contributed by atoms with Crippen LogP contribution in [0.25, 0.3) is 11.4 Å². The summed E-state index contributed by atoms with van der Waals surface area (Å²) in [7, 11) is 0. The zero-order valence-electron chi connectivity index (χ0n) is 14.9. The van der Waals surface area contributed by atoms with E-state index in [2.05, 4.69) is 20.5 Å². The van der Waals surface area contributed by atoms with Gasteiger partial charge in [0.05, 0.1) is 18.4 Å². The predicted octanol–water partition coefficient (Wildman–Crippen LogP) is 3.51. The van der Waals surface area contributed by atoms with Gasteiger partial charge in [0.1, 0.15) is 5.75 Å². The summed E-state index contributed by atoms with van der Waals surface area (Å²) >= 11 is 1.32. The fraction of sp³-hybridized carbons (Fsp3) is 0.250. The van der Waals surface area contributed by atoms with Crippen molar-refractivity contribution in [3.05, 3.63) is 59.7 Å². The number of H-pyrrole nitrogens is 1. The fourth-order valence-electron chi connectivity index (χ4n) is 3.01. The van der Waals surface area contributed by atoms with E-state index in [1.807, 2.05) is 55.5 Å². The fourth-order valence-corrected chi connectivity index (χ4v) is 3.62. The van der Waals surface area contributed by atoms with E-state index in [1.54, 1.807) is 0 Å². The number of aromatic amines is 1. The monoisotopic (exact) mass is 380 g/mol. The van der Waals surface area contributed by atoms with Crippen LogP contribution in [0.5, 0.6) is 5.75 Å². The van der Waals surface area contributed by atoms with Crippen LogP contribution in [-0.2, 0) is 4.79 Å². The van der Waals surface area contributed by atoms with E-state index in [9.17, 15) is 4.79 Å². The Bertz CT molecular complexity index is 939. The van der Waals surface area contributed by atoms with Crippen molar-refractivity contribution in [2.75, 3.05) is 12.4 Å². The molecule has 2 N–H and O–H groups in total. The molecule has 2 heterocycles. The molecule has 0 saturated carbocycles. The van der Waals surface area contributed by atoms with Crippen LogP contribution >= 0.6 is 11.8 Å². The number of rotatable bonds is 5. The summed E-state index contributed by atoms with van der Waals surface area (Å²) in [6, 6.07) is 15.9. The number of amides is 1. The van der Waals surface area contributed by atoms with Crippen LogP contribution in [0, 0.1) is 6.92 Å². The molecule has 1 amide bonds. The Kier molecular flexibility index (Phi) is 5.11. The summed E-state index contributed by atoms with van der Waals surface area (Å²) in [5.41, 5.74) is 3.20. The van der Waals surface area contributed by atoms with E-state index in [0.717, 1.165) is 23.3 Å². The van der Waals surface area contributed by atoms with E-state index >= 15 is 0 Å². The SMILES string of the molecule is Cc1ccc(-c2nc(SCC(=O)NC3CCOc4ccccc43)n[nH]2)cc1. The third kappa shape index (κ3) is 4.14. The number of thioether (sulfide) groups is 1. The number of aryl methyl sites for hydroxylation is 1. The number of para-hydroxylation sites is 1. The lowest BCUT2D eigenvalue weighted by molar-refractivity contribution is -0.119. The molecule has 0 spiro atoms. The second-order valence-corrected chi connectivity index (χ2v) is 7.36. The third-order valence-corrected chi connectivity index (χ3v) is 5.26. The molecule has 1 unspecified atom stereocenters. The quantitative estimate of drug-likeness (QED) is 0.662. The van der Waals surface area contributed by atoms with Gasteiger partial charge in [-0.1, -0.05) is 59.8 Å². The van der Waals surface area contributed by atoms with E-state index < -0.39 is 0 Å². The van der Waals surface area contributed by atoms with Crippen LogP contribution in [-0.4, -0.2) is 33.4 Å². The number of hydrogen-bond donors (Lipinski definition) is 2. The summed E-state index contributed by atoms with van der Waals surface area (Å²) in [4.78, 5) is 16.8. The molecule has 1 aliphatic rings. The lowest BCUT2D eigenvalue weighted by Gasteiger charge is -2.26. The molecule has 1 aliphatic heterocycles. The van der Waals surface area contributed by atoms with Crippen LogP contribution < -0.4 is 10.1 Å². The second kappa shape index (κ2) is 7.84. The molecule has 0 bridgehead atoms. The van der Waals surface area contributed by atoms with Crippen LogP contribution in [0.2, 0.25) is 0 Å². The first kappa shape index (κ1) is 17.6. The van der Waals surface area contributed by atoms with Crippen molar-refractivity contribution in [2.45, 2.75) is 24.5 Å². The van der Waals surface area contributed by atoms with Gasteiger partial charge in [-0.05, 0) is 13.0 Å². The molecule has 1 aromatic heterocycles.